The summed E-state index contributed by atoms with van der Waals surface area (Å²) in [4.78, 5) is 0. The van der Waals surface area contributed by atoms with Gasteiger partial charge < -0.3 is 15.2 Å². The highest BCUT2D eigenvalue weighted by Gasteiger charge is 2.31. The van der Waals surface area contributed by atoms with E-state index in [1.807, 2.05) is 0 Å². The van der Waals surface area contributed by atoms with Gasteiger partial charge in [-0.05, 0) is 39.7 Å². The fourth-order valence-electron chi connectivity index (χ4n) is 2.35. The van der Waals surface area contributed by atoms with Crippen LogP contribution in [0.4, 0.5) is 4.39 Å². The van der Waals surface area contributed by atoms with E-state index in [0.29, 0.717) is 17.9 Å². The van der Waals surface area contributed by atoms with Crippen LogP contribution in [-0.4, -0.2) is 18.3 Å². The summed E-state index contributed by atoms with van der Waals surface area (Å²) in [7, 11) is 0. The van der Waals surface area contributed by atoms with Gasteiger partial charge in [0, 0.05) is 17.7 Å². The van der Waals surface area contributed by atoms with Crippen molar-refractivity contribution < 1.29 is 13.9 Å². The lowest BCUT2D eigenvalue weighted by atomic mass is 10.1. The zero-order valence-electron chi connectivity index (χ0n) is 11.8. The zero-order valence-corrected chi connectivity index (χ0v) is 11.8. The van der Waals surface area contributed by atoms with Gasteiger partial charge in [-0.1, -0.05) is 6.07 Å². The first-order valence-corrected chi connectivity index (χ1v) is 6.73. The minimum absolute atomic E-state index is 0.0713. The summed E-state index contributed by atoms with van der Waals surface area (Å²) in [5.41, 5.74) is 6.10. The van der Waals surface area contributed by atoms with E-state index >= 15 is 0 Å². The lowest BCUT2D eigenvalue weighted by Gasteiger charge is -2.19. The lowest BCUT2D eigenvalue weighted by Crippen LogP contribution is -2.23. The smallest absolute Gasteiger partial charge is 0.131 e. The molecule has 0 spiro atoms. The Labute approximate surface area is 113 Å². The number of halogens is 1. The molecule has 1 heterocycles. The molecule has 0 saturated carbocycles. The fourth-order valence-corrected chi connectivity index (χ4v) is 2.35. The van der Waals surface area contributed by atoms with Crippen molar-refractivity contribution in [1.29, 1.82) is 0 Å². The number of ether oxygens (including phenoxy) is 2. The maximum Gasteiger partial charge on any atom is 0.131 e. The molecule has 0 bridgehead atoms. The molecule has 2 N–H and O–H groups in total. The van der Waals surface area contributed by atoms with Gasteiger partial charge in [0.1, 0.15) is 18.2 Å². The van der Waals surface area contributed by atoms with Crippen molar-refractivity contribution in [3.8, 4) is 5.75 Å². The van der Waals surface area contributed by atoms with Gasteiger partial charge in [0.05, 0.1) is 11.7 Å². The first-order valence-electron chi connectivity index (χ1n) is 6.73. The van der Waals surface area contributed by atoms with Crippen LogP contribution < -0.4 is 10.5 Å². The molecule has 0 amide bonds. The Morgan fingerprint density at radius 3 is 2.79 bits per heavy atom. The Hall–Kier alpha value is -1.13. The Kier molecular flexibility index (Phi) is 4.11. The Morgan fingerprint density at radius 2 is 2.26 bits per heavy atom. The van der Waals surface area contributed by atoms with Crippen LogP contribution in [0.3, 0.4) is 0 Å². The van der Waals surface area contributed by atoms with Crippen LogP contribution in [-0.2, 0) is 4.74 Å². The molecule has 1 aromatic rings. The second-order valence-electron chi connectivity index (χ2n) is 5.82. The maximum atomic E-state index is 13.7. The molecule has 1 aliphatic heterocycles. The fraction of sp³-hybridized carbons (Fsp3) is 0.600. The lowest BCUT2D eigenvalue weighted by molar-refractivity contribution is -0.0326. The van der Waals surface area contributed by atoms with E-state index in [1.54, 1.807) is 19.1 Å². The van der Waals surface area contributed by atoms with Crippen LogP contribution in [0, 0.1) is 5.82 Å². The molecular formula is C15H22FNO2. The highest BCUT2D eigenvalue weighted by Crippen LogP contribution is 2.30. The van der Waals surface area contributed by atoms with Crippen molar-refractivity contribution >= 4 is 0 Å². The minimum atomic E-state index is -0.319. The van der Waals surface area contributed by atoms with Gasteiger partial charge in [-0.3, -0.25) is 0 Å². The molecule has 106 valence electrons. The summed E-state index contributed by atoms with van der Waals surface area (Å²) in [5.74, 6) is 0.204. The van der Waals surface area contributed by atoms with Crippen molar-refractivity contribution in [2.45, 2.75) is 51.4 Å². The summed E-state index contributed by atoms with van der Waals surface area (Å²) in [6.45, 7) is 6.36. The molecule has 1 aliphatic rings. The normalized spacial score (nSPS) is 23.3. The van der Waals surface area contributed by atoms with Crippen LogP contribution >= 0.6 is 0 Å². The van der Waals surface area contributed by atoms with E-state index in [-0.39, 0.29) is 23.6 Å². The molecule has 0 aromatic heterocycles. The van der Waals surface area contributed by atoms with E-state index in [9.17, 15) is 4.39 Å². The largest absolute Gasteiger partial charge is 0.491 e. The molecule has 1 aromatic carbocycles. The van der Waals surface area contributed by atoms with Crippen molar-refractivity contribution in [2.24, 2.45) is 5.73 Å². The Morgan fingerprint density at radius 1 is 1.53 bits per heavy atom. The topological polar surface area (TPSA) is 44.5 Å². The molecule has 0 aliphatic carbocycles. The summed E-state index contributed by atoms with van der Waals surface area (Å²) >= 11 is 0. The van der Waals surface area contributed by atoms with E-state index in [0.717, 1.165) is 12.8 Å². The Balaban J connectivity index is 1.92. The van der Waals surface area contributed by atoms with Crippen LogP contribution in [0.25, 0.3) is 0 Å². The first kappa shape index (κ1) is 14.3. The van der Waals surface area contributed by atoms with E-state index in [1.165, 1.54) is 6.07 Å². The zero-order chi connectivity index (χ0) is 14.0. The van der Waals surface area contributed by atoms with Gasteiger partial charge in [-0.15, -0.1) is 0 Å². The summed E-state index contributed by atoms with van der Waals surface area (Å²) in [6.07, 6.45) is 2.10. The van der Waals surface area contributed by atoms with Gasteiger partial charge in [0.25, 0.3) is 0 Å². The standard InChI is InChI=1S/C15H22FNO2/c1-10(17)13-5-4-11(8-14(13)16)18-9-12-6-7-15(2,3)19-12/h4-5,8,10,12H,6-7,9,17H2,1-3H3/t10-,12?/m0/s1. The molecule has 2 rings (SSSR count). The molecule has 19 heavy (non-hydrogen) atoms. The molecule has 1 fully saturated rings. The summed E-state index contributed by atoms with van der Waals surface area (Å²) < 4.78 is 25.2. The molecule has 0 radical (unpaired) electrons. The summed E-state index contributed by atoms with van der Waals surface area (Å²) in [6, 6.07) is 4.50. The van der Waals surface area contributed by atoms with Crippen molar-refractivity contribution in [3.63, 3.8) is 0 Å². The predicted octanol–water partition coefficient (Wildman–Crippen LogP) is 3.18. The number of benzene rings is 1. The predicted molar refractivity (Wildman–Crippen MR) is 72.7 cm³/mol. The second kappa shape index (κ2) is 5.47. The number of nitrogens with two attached hydrogens (primary N) is 1. The molecule has 3 nitrogen and oxygen atoms in total. The van der Waals surface area contributed by atoms with E-state index in [4.69, 9.17) is 15.2 Å². The Bertz CT molecular complexity index is 446. The van der Waals surface area contributed by atoms with Gasteiger partial charge in [0.15, 0.2) is 0 Å². The average Bonchev–Trinajstić information content (AvgIpc) is 2.66. The average molecular weight is 267 g/mol. The van der Waals surface area contributed by atoms with Crippen LogP contribution in [0.2, 0.25) is 0 Å². The first-order chi connectivity index (χ1) is 8.87. The second-order valence-corrected chi connectivity index (χ2v) is 5.82. The number of hydrogen-bond acceptors (Lipinski definition) is 3. The van der Waals surface area contributed by atoms with Crippen molar-refractivity contribution in [1.82, 2.24) is 0 Å². The van der Waals surface area contributed by atoms with E-state index < -0.39 is 0 Å². The molecule has 4 heteroatoms. The monoisotopic (exact) mass is 267 g/mol. The SMILES string of the molecule is C[C@H](N)c1ccc(OCC2CCC(C)(C)O2)cc1F. The third kappa shape index (κ3) is 3.67. The summed E-state index contributed by atoms with van der Waals surface area (Å²) in [5, 5.41) is 0. The third-order valence-electron chi connectivity index (χ3n) is 3.45. The van der Waals surface area contributed by atoms with Gasteiger partial charge in [0.2, 0.25) is 0 Å². The van der Waals surface area contributed by atoms with Crippen molar-refractivity contribution in [3.05, 3.63) is 29.6 Å². The molecule has 2 atom stereocenters. The number of hydrogen-bond donors (Lipinski definition) is 1. The third-order valence-corrected chi connectivity index (χ3v) is 3.45. The molecular weight excluding hydrogens is 245 g/mol. The maximum absolute atomic E-state index is 13.7. The quantitative estimate of drug-likeness (QED) is 0.911. The van der Waals surface area contributed by atoms with Gasteiger partial charge >= 0.3 is 0 Å². The highest BCUT2D eigenvalue weighted by molar-refractivity contribution is 5.30. The molecule has 1 unspecified atom stereocenters. The number of rotatable bonds is 4. The minimum Gasteiger partial charge on any atom is -0.491 e. The molecule has 1 saturated heterocycles. The van der Waals surface area contributed by atoms with Gasteiger partial charge in [-0.25, -0.2) is 4.39 Å². The van der Waals surface area contributed by atoms with Crippen LogP contribution in [0.5, 0.6) is 5.75 Å². The van der Waals surface area contributed by atoms with Crippen LogP contribution in [0.1, 0.15) is 45.2 Å². The highest BCUT2D eigenvalue weighted by atomic mass is 19.1. The van der Waals surface area contributed by atoms with Crippen molar-refractivity contribution in [2.75, 3.05) is 6.61 Å². The van der Waals surface area contributed by atoms with Crippen LogP contribution in [0.15, 0.2) is 18.2 Å². The van der Waals surface area contributed by atoms with E-state index in [2.05, 4.69) is 13.8 Å². The van der Waals surface area contributed by atoms with Gasteiger partial charge in [-0.2, -0.15) is 0 Å².